The number of halogens is 1. The van der Waals surface area contributed by atoms with Crippen molar-refractivity contribution in [2.24, 2.45) is 5.73 Å². The van der Waals surface area contributed by atoms with Gasteiger partial charge < -0.3 is 16.2 Å². The van der Waals surface area contributed by atoms with Gasteiger partial charge in [-0.1, -0.05) is 0 Å². The van der Waals surface area contributed by atoms with E-state index in [-0.39, 0.29) is 18.7 Å². The van der Waals surface area contributed by atoms with Crippen molar-refractivity contribution in [2.75, 3.05) is 5.32 Å². The smallest absolute Gasteiger partial charge is 0.303 e. The summed E-state index contributed by atoms with van der Waals surface area (Å²) in [5, 5.41) is 11.2. The topological polar surface area (TPSA) is 92.4 Å². The van der Waals surface area contributed by atoms with Crippen LogP contribution in [0.25, 0.3) is 0 Å². The quantitative estimate of drug-likeness (QED) is 0.771. The maximum atomic E-state index is 13.9. The predicted octanol–water partition coefficient (Wildman–Crippen LogP) is 1.57. The molecule has 0 aromatic heterocycles. The van der Waals surface area contributed by atoms with Crippen molar-refractivity contribution in [1.82, 2.24) is 0 Å². The number of carbonyl (C=O) groups is 2. The summed E-state index contributed by atoms with van der Waals surface area (Å²) in [6, 6.07) is 2.22. The lowest BCUT2D eigenvalue weighted by atomic mass is 9.95. The second-order valence-electron chi connectivity index (χ2n) is 4.62. The van der Waals surface area contributed by atoms with Gasteiger partial charge in [-0.3, -0.25) is 9.59 Å². The summed E-state index contributed by atoms with van der Waals surface area (Å²) in [5.74, 6) is -1.60. The van der Waals surface area contributed by atoms with Crippen LogP contribution in [-0.4, -0.2) is 17.0 Å². The molecule has 6 heteroatoms. The van der Waals surface area contributed by atoms with Crippen LogP contribution < -0.4 is 11.1 Å². The van der Waals surface area contributed by atoms with Gasteiger partial charge in [0.2, 0.25) is 5.91 Å². The highest BCUT2D eigenvalue weighted by Gasteiger charge is 2.20. The van der Waals surface area contributed by atoms with Crippen LogP contribution in [-0.2, 0) is 16.0 Å². The molecule has 1 aromatic rings. The Bertz CT molecular complexity index is 531. The fraction of sp³-hybridized carbons (Fsp3) is 0.385. The van der Waals surface area contributed by atoms with E-state index < -0.39 is 17.8 Å². The van der Waals surface area contributed by atoms with Crippen LogP contribution in [0.5, 0.6) is 0 Å². The minimum Gasteiger partial charge on any atom is -0.481 e. The van der Waals surface area contributed by atoms with Crippen LogP contribution in [0.2, 0.25) is 0 Å². The summed E-state index contributed by atoms with van der Waals surface area (Å²) in [6.45, 7) is 0. The normalized spacial score (nSPS) is 15.6. The largest absolute Gasteiger partial charge is 0.481 e. The first-order chi connectivity index (χ1) is 8.97. The molecule has 0 radical (unpaired) electrons. The summed E-state index contributed by atoms with van der Waals surface area (Å²) in [6.07, 6.45) is 0.981. The van der Waals surface area contributed by atoms with Crippen molar-refractivity contribution >= 4 is 17.6 Å². The van der Waals surface area contributed by atoms with E-state index in [1.807, 2.05) is 0 Å². The number of nitrogens with two attached hydrogens (primary N) is 1. The third-order valence-corrected chi connectivity index (χ3v) is 3.19. The molecule has 19 heavy (non-hydrogen) atoms. The average Bonchev–Trinajstić information content (AvgIpc) is 2.35. The lowest BCUT2D eigenvalue weighted by molar-refractivity contribution is -0.137. The Kier molecular flexibility index (Phi) is 3.80. The molecule has 1 aliphatic heterocycles. The predicted molar refractivity (Wildman–Crippen MR) is 67.1 cm³/mol. The third-order valence-electron chi connectivity index (χ3n) is 3.19. The van der Waals surface area contributed by atoms with Gasteiger partial charge in [0.15, 0.2) is 0 Å². The van der Waals surface area contributed by atoms with E-state index >= 15 is 0 Å². The minimum atomic E-state index is -0.957. The molecule has 0 saturated heterocycles. The lowest BCUT2D eigenvalue weighted by Gasteiger charge is -2.20. The molecule has 102 valence electrons. The number of nitrogens with one attached hydrogen (secondary N) is 1. The van der Waals surface area contributed by atoms with Crippen LogP contribution >= 0.6 is 0 Å². The first-order valence-corrected chi connectivity index (χ1v) is 6.07. The van der Waals surface area contributed by atoms with Crippen LogP contribution in [0.4, 0.5) is 10.1 Å². The highest BCUT2D eigenvalue weighted by atomic mass is 19.1. The zero-order chi connectivity index (χ0) is 14.0. The molecule has 1 unspecified atom stereocenters. The number of carboxylic acid groups (broad SMARTS) is 1. The molecular weight excluding hydrogens is 251 g/mol. The molecule has 0 bridgehead atoms. The van der Waals surface area contributed by atoms with Crippen molar-refractivity contribution in [1.29, 1.82) is 0 Å². The molecule has 0 saturated carbocycles. The molecule has 0 spiro atoms. The number of rotatable bonds is 4. The monoisotopic (exact) mass is 266 g/mol. The van der Waals surface area contributed by atoms with Gasteiger partial charge in [-0.2, -0.15) is 0 Å². The molecular formula is C13H15FN2O3. The number of fused-ring (bicyclic) bond motifs is 1. The Morgan fingerprint density at radius 3 is 2.89 bits per heavy atom. The average molecular weight is 266 g/mol. The van der Waals surface area contributed by atoms with Crippen molar-refractivity contribution in [2.45, 2.75) is 31.7 Å². The van der Waals surface area contributed by atoms with Gasteiger partial charge in [-0.15, -0.1) is 0 Å². The number of hydrogen-bond donors (Lipinski definition) is 3. The number of carbonyl (C=O) groups excluding carboxylic acids is 1. The summed E-state index contributed by atoms with van der Waals surface area (Å²) in [7, 11) is 0. The van der Waals surface area contributed by atoms with Gasteiger partial charge >= 0.3 is 5.97 Å². The highest BCUT2D eigenvalue weighted by Crippen LogP contribution is 2.29. The first kappa shape index (κ1) is 13.5. The molecule has 1 aromatic carbocycles. The van der Waals surface area contributed by atoms with Crippen molar-refractivity contribution < 1.29 is 19.1 Å². The molecule has 1 aliphatic rings. The third kappa shape index (κ3) is 3.08. The summed E-state index contributed by atoms with van der Waals surface area (Å²) in [5.41, 5.74) is 7.43. The van der Waals surface area contributed by atoms with Crippen molar-refractivity contribution in [3.63, 3.8) is 0 Å². The second-order valence-corrected chi connectivity index (χ2v) is 4.62. The van der Waals surface area contributed by atoms with E-state index in [4.69, 9.17) is 10.8 Å². The van der Waals surface area contributed by atoms with Gasteiger partial charge in [0.05, 0.1) is 0 Å². The Balaban J connectivity index is 2.22. The van der Waals surface area contributed by atoms with E-state index in [1.54, 1.807) is 6.07 Å². The van der Waals surface area contributed by atoms with Crippen LogP contribution in [0.15, 0.2) is 12.1 Å². The minimum absolute atomic E-state index is 0.103. The Morgan fingerprint density at radius 2 is 2.21 bits per heavy atom. The zero-order valence-electron chi connectivity index (χ0n) is 10.3. The zero-order valence-corrected chi connectivity index (χ0v) is 10.3. The SMILES string of the molecule is NC(CCC(=O)O)c1cc2c(cc1F)NC(=O)CC2. The molecule has 0 aliphatic carbocycles. The lowest BCUT2D eigenvalue weighted by Crippen LogP contribution is -2.21. The van der Waals surface area contributed by atoms with Gasteiger partial charge in [0, 0.05) is 30.1 Å². The van der Waals surface area contributed by atoms with Gasteiger partial charge in [-0.05, 0) is 30.5 Å². The Hall–Kier alpha value is -1.95. The summed E-state index contributed by atoms with van der Waals surface area (Å²) in [4.78, 5) is 21.7. The molecule has 1 atom stereocenters. The van der Waals surface area contributed by atoms with E-state index in [0.717, 1.165) is 5.56 Å². The van der Waals surface area contributed by atoms with Crippen molar-refractivity contribution in [3.8, 4) is 0 Å². The van der Waals surface area contributed by atoms with Crippen molar-refractivity contribution in [3.05, 3.63) is 29.1 Å². The number of carboxylic acids is 1. The number of aliphatic carboxylic acids is 1. The van der Waals surface area contributed by atoms with Gasteiger partial charge in [-0.25, -0.2) is 4.39 Å². The Morgan fingerprint density at radius 1 is 1.47 bits per heavy atom. The molecule has 2 rings (SSSR count). The number of amides is 1. The molecule has 1 amide bonds. The molecule has 5 nitrogen and oxygen atoms in total. The first-order valence-electron chi connectivity index (χ1n) is 6.07. The Labute approximate surface area is 109 Å². The van der Waals surface area contributed by atoms with E-state index in [1.165, 1.54) is 6.07 Å². The maximum Gasteiger partial charge on any atom is 0.303 e. The van der Waals surface area contributed by atoms with Crippen LogP contribution in [0.1, 0.15) is 36.4 Å². The molecule has 1 heterocycles. The fourth-order valence-corrected chi connectivity index (χ4v) is 2.14. The summed E-state index contributed by atoms with van der Waals surface area (Å²) < 4.78 is 13.9. The maximum absolute atomic E-state index is 13.9. The van der Waals surface area contributed by atoms with E-state index in [0.29, 0.717) is 24.1 Å². The second kappa shape index (κ2) is 5.36. The molecule has 0 fully saturated rings. The van der Waals surface area contributed by atoms with E-state index in [2.05, 4.69) is 5.32 Å². The number of anilines is 1. The van der Waals surface area contributed by atoms with Crippen LogP contribution in [0.3, 0.4) is 0 Å². The number of benzene rings is 1. The van der Waals surface area contributed by atoms with Gasteiger partial charge in [0.25, 0.3) is 0 Å². The highest BCUT2D eigenvalue weighted by molar-refractivity contribution is 5.93. The summed E-state index contributed by atoms with van der Waals surface area (Å²) >= 11 is 0. The van der Waals surface area contributed by atoms with E-state index in [9.17, 15) is 14.0 Å². The standard InChI is InChI=1S/C13H15FN2O3/c14-9-6-11-7(1-3-12(17)16-11)5-8(9)10(15)2-4-13(18)19/h5-6,10H,1-4,15H2,(H,16,17)(H,18,19). The molecule has 4 N–H and O–H groups in total. The number of hydrogen-bond acceptors (Lipinski definition) is 3. The van der Waals surface area contributed by atoms with Gasteiger partial charge in [0.1, 0.15) is 5.82 Å². The number of aryl methyl sites for hydroxylation is 1. The fourth-order valence-electron chi connectivity index (χ4n) is 2.14. The van der Waals surface area contributed by atoms with Crippen LogP contribution in [0, 0.1) is 5.82 Å².